The van der Waals surface area contributed by atoms with E-state index in [0.717, 1.165) is 6.07 Å². The molecule has 1 atom stereocenters. The van der Waals surface area contributed by atoms with Crippen molar-refractivity contribution >= 4 is 12.1 Å². The average Bonchev–Trinajstić information content (AvgIpc) is 2.27. The molecule has 2 N–H and O–H groups in total. The number of hydrogen-bond donors (Lipinski definition) is 2. The molecule has 0 aliphatic rings. The fourth-order valence-corrected chi connectivity index (χ4v) is 1.50. The molecule has 0 aromatic heterocycles. The van der Waals surface area contributed by atoms with Crippen molar-refractivity contribution in [2.45, 2.75) is 39.3 Å². The predicted molar refractivity (Wildman–Crippen MR) is 70.9 cm³/mol. The van der Waals surface area contributed by atoms with E-state index >= 15 is 0 Å². The van der Waals surface area contributed by atoms with Gasteiger partial charge in [0.15, 0.2) is 6.04 Å². The van der Waals surface area contributed by atoms with Crippen molar-refractivity contribution in [3.05, 3.63) is 35.1 Å². The molecule has 20 heavy (non-hydrogen) atoms. The van der Waals surface area contributed by atoms with Gasteiger partial charge < -0.3 is 15.2 Å². The number of ether oxygens (including phenoxy) is 1. The van der Waals surface area contributed by atoms with Crippen molar-refractivity contribution in [2.24, 2.45) is 0 Å². The molecule has 1 aromatic carbocycles. The molecule has 1 rings (SSSR count). The first-order valence-corrected chi connectivity index (χ1v) is 6.08. The zero-order valence-corrected chi connectivity index (χ0v) is 11.9. The summed E-state index contributed by atoms with van der Waals surface area (Å²) in [6.07, 6.45) is -0.870. The first-order valence-electron chi connectivity index (χ1n) is 6.08. The Balaban J connectivity index is 2.92. The van der Waals surface area contributed by atoms with Gasteiger partial charge in [0.2, 0.25) is 0 Å². The van der Waals surface area contributed by atoms with Crippen LogP contribution in [0, 0.1) is 12.7 Å². The molecule has 0 radical (unpaired) electrons. The van der Waals surface area contributed by atoms with Crippen LogP contribution in [0.2, 0.25) is 0 Å². The fraction of sp³-hybridized carbons (Fsp3) is 0.429. The van der Waals surface area contributed by atoms with E-state index in [4.69, 9.17) is 9.84 Å². The topological polar surface area (TPSA) is 75.6 Å². The van der Waals surface area contributed by atoms with Crippen LogP contribution >= 0.6 is 0 Å². The van der Waals surface area contributed by atoms with Gasteiger partial charge in [-0.2, -0.15) is 0 Å². The van der Waals surface area contributed by atoms with E-state index in [1.165, 1.54) is 12.1 Å². The van der Waals surface area contributed by atoms with E-state index in [9.17, 15) is 14.0 Å². The van der Waals surface area contributed by atoms with Crippen LogP contribution in [0.1, 0.15) is 37.9 Å². The van der Waals surface area contributed by atoms with Gasteiger partial charge in [0, 0.05) is 0 Å². The number of alkyl carbamates (subject to hydrolysis) is 1. The highest BCUT2D eigenvalue weighted by molar-refractivity contribution is 5.81. The highest BCUT2D eigenvalue weighted by Gasteiger charge is 2.25. The van der Waals surface area contributed by atoms with Crippen LogP contribution in [0.3, 0.4) is 0 Å². The number of rotatable bonds is 3. The molecule has 0 spiro atoms. The van der Waals surface area contributed by atoms with Crippen LogP contribution in [-0.4, -0.2) is 22.8 Å². The van der Waals surface area contributed by atoms with E-state index < -0.39 is 29.5 Å². The van der Waals surface area contributed by atoms with Gasteiger partial charge in [0.25, 0.3) is 0 Å². The molecule has 1 aromatic rings. The molecule has 110 valence electrons. The summed E-state index contributed by atoms with van der Waals surface area (Å²) in [5.41, 5.74) is -0.201. The number of carboxylic acids is 1. The Morgan fingerprint density at radius 1 is 1.35 bits per heavy atom. The minimum Gasteiger partial charge on any atom is -0.479 e. The number of hydrogen-bond acceptors (Lipinski definition) is 3. The maximum absolute atomic E-state index is 13.5. The lowest BCUT2D eigenvalue weighted by molar-refractivity contribution is -0.139. The molecule has 0 saturated carbocycles. The molecule has 0 heterocycles. The molecule has 1 unspecified atom stereocenters. The highest BCUT2D eigenvalue weighted by atomic mass is 19.1. The SMILES string of the molecule is Cc1ccc(C(NC(=O)OC(C)(C)C)C(=O)O)cc1F. The number of aliphatic carboxylic acids is 1. The first-order chi connectivity index (χ1) is 9.10. The first kappa shape index (κ1) is 15.9. The van der Waals surface area contributed by atoms with Crippen LogP contribution in [0.5, 0.6) is 0 Å². The minimum absolute atomic E-state index is 0.145. The molecule has 0 saturated heterocycles. The number of carbonyl (C=O) groups excluding carboxylic acids is 1. The van der Waals surface area contributed by atoms with Gasteiger partial charge in [-0.25, -0.2) is 14.0 Å². The molecular formula is C14H18FNO4. The van der Waals surface area contributed by atoms with E-state index in [1.54, 1.807) is 27.7 Å². The monoisotopic (exact) mass is 283 g/mol. The Bertz CT molecular complexity index is 522. The molecule has 0 fully saturated rings. The molecule has 6 heteroatoms. The summed E-state index contributed by atoms with van der Waals surface area (Å²) in [7, 11) is 0. The van der Waals surface area contributed by atoms with Crippen molar-refractivity contribution < 1.29 is 23.8 Å². The average molecular weight is 283 g/mol. The molecule has 5 nitrogen and oxygen atoms in total. The Morgan fingerprint density at radius 2 is 1.95 bits per heavy atom. The van der Waals surface area contributed by atoms with Crippen molar-refractivity contribution in [2.75, 3.05) is 0 Å². The molecule has 0 aliphatic carbocycles. The highest BCUT2D eigenvalue weighted by Crippen LogP contribution is 2.18. The van der Waals surface area contributed by atoms with E-state index in [2.05, 4.69) is 5.32 Å². The number of halogens is 1. The summed E-state index contributed by atoms with van der Waals surface area (Å²) >= 11 is 0. The van der Waals surface area contributed by atoms with Gasteiger partial charge in [-0.15, -0.1) is 0 Å². The number of carbonyl (C=O) groups is 2. The van der Waals surface area contributed by atoms with Crippen LogP contribution in [0.25, 0.3) is 0 Å². The normalized spacial score (nSPS) is 12.7. The molecule has 1 amide bonds. The zero-order chi connectivity index (χ0) is 15.5. The lowest BCUT2D eigenvalue weighted by Crippen LogP contribution is -2.38. The number of aryl methyl sites for hydroxylation is 1. The van der Waals surface area contributed by atoms with Crippen molar-refractivity contribution in [3.8, 4) is 0 Å². The summed E-state index contributed by atoms with van der Waals surface area (Å²) in [6, 6.07) is 2.64. The molecular weight excluding hydrogens is 265 g/mol. The third-order valence-corrected chi connectivity index (χ3v) is 2.44. The molecule has 0 bridgehead atoms. The summed E-state index contributed by atoms with van der Waals surface area (Å²) in [6.45, 7) is 6.55. The molecule has 0 aliphatic heterocycles. The zero-order valence-electron chi connectivity index (χ0n) is 11.9. The van der Waals surface area contributed by atoms with E-state index in [-0.39, 0.29) is 5.56 Å². The second kappa shape index (κ2) is 5.90. The number of amides is 1. The largest absolute Gasteiger partial charge is 0.479 e. The summed E-state index contributed by atoms with van der Waals surface area (Å²) < 4.78 is 18.5. The van der Waals surface area contributed by atoms with Gasteiger partial charge in [0.05, 0.1) is 0 Å². The van der Waals surface area contributed by atoms with Gasteiger partial charge in [0.1, 0.15) is 11.4 Å². The lowest BCUT2D eigenvalue weighted by atomic mass is 10.0. The van der Waals surface area contributed by atoms with Crippen LogP contribution in [0.4, 0.5) is 9.18 Å². The second-order valence-corrected chi connectivity index (χ2v) is 5.43. The summed E-state index contributed by atoms with van der Waals surface area (Å²) in [4.78, 5) is 22.8. The minimum atomic E-state index is -1.36. The third-order valence-electron chi connectivity index (χ3n) is 2.44. The van der Waals surface area contributed by atoms with Gasteiger partial charge in [-0.05, 0) is 44.9 Å². The maximum Gasteiger partial charge on any atom is 0.408 e. The van der Waals surface area contributed by atoms with Crippen molar-refractivity contribution in [1.82, 2.24) is 5.32 Å². The fourth-order valence-electron chi connectivity index (χ4n) is 1.50. The Morgan fingerprint density at radius 3 is 2.40 bits per heavy atom. The third kappa shape index (κ3) is 4.53. The number of carboxylic acid groups (broad SMARTS) is 1. The standard InChI is InChI=1S/C14H18FNO4/c1-8-5-6-9(7-10(8)15)11(12(17)18)16-13(19)20-14(2,3)4/h5-7,11H,1-4H3,(H,16,19)(H,17,18). The number of nitrogens with one attached hydrogen (secondary N) is 1. The second-order valence-electron chi connectivity index (χ2n) is 5.43. The quantitative estimate of drug-likeness (QED) is 0.894. The Kier molecular flexibility index (Phi) is 4.70. The van der Waals surface area contributed by atoms with Crippen molar-refractivity contribution in [1.29, 1.82) is 0 Å². The van der Waals surface area contributed by atoms with Crippen LogP contribution in [0.15, 0.2) is 18.2 Å². The Labute approximate surface area is 116 Å². The van der Waals surface area contributed by atoms with Crippen LogP contribution in [-0.2, 0) is 9.53 Å². The number of benzene rings is 1. The maximum atomic E-state index is 13.5. The van der Waals surface area contributed by atoms with Gasteiger partial charge in [-0.1, -0.05) is 12.1 Å². The van der Waals surface area contributed by atoms with Gasteiger partial charge >= 0.3 is 12.1 Å². The van der Waals surface area contributed by atoms with E-state index in [0.29, 0.717) is 5.56 Å². The Hall–Kier alpha value is -2.11. The summed E-state index contributed by atoms with van der Waals surface area (Å²) in [5, 5.41) is 11.3. The summed E-state index contributed by atoms with van der Waals surface area (Å²) in [5.74, 6) is -1.82. The smallest absolute Gasteiger partial charge is 0.408 e. The van der Waals surface area contributed by atoms with Crippen molar-refractivity contribution in [3.63, 3.8) is 0 Å². The van der Waals surface area contributed by atoms with Crippen LogP contribution < -0.4 is 5.32 Å². The predicted octanol–water partition coefficient (Wildman–Crippen LogP) is 2.78. The lowest BCUT2D eigenvalue weighted by Gasteiger charge is -2.22. The van der Waals surface area contributed by atoms with Gasteiger partial charge in [-0.3, -0.25) is 0 Å². The van der Waals surface area contributed by atoms with E-state index in [1.807, 2.05) is 0 Å².